The third-order valence-electron chi connectivity index (χ3n) is 3.67. The Hall–Kier alpha value is -2.25. The molecule has 1 aliphatic rings. The minimum Gasteiger partial charge on any atom is -0.288 e. The maximum absolute atomic E-state index is 13.1. The highest BCUT2D eigenvalue weighted by molar-refractivity contribution is 7.99. The Kier molecular flexibility index (Phi) is 3.80. The van der Waals surface area contributed by atoms with Gasteiger partial charge in [0.25, 0.3) is 0 Å². The van der Waals surface area contributed by atoms with Gasteiger partial charge in [-0.2, -0.15) is 0 Å². The van der Waals surface area contributed by atoms with Crippen molar-refractivity contribution in [2.75, 3.05) is 5.88 Å². The second-order valence-corrected chi connectivity index (χ2v) is 6.26. The van der Waals surface area contributed by atoms with Crippen molar-refractivity contribution in [1.82, 2.24) is 24.6 Å². The molecule has 7 heteroatoms. The van der Waals surface area contributed by atoms with Gasteiger partial charge in [0.2, 0.25) is 0 Å². The summed E-state index contributed by atoms with van der Waals surface area (Å²) in [6.45, 7) is 1.53. The largest absolute Gasteiger partial charge is 0.288 e. The van der Waals surface area contributed by atoms with Crippen LogP contribution in [0.25, 0.3) is 11.4 Å². The van der Waals surface area contributed by atoms with Gasteiger partial charge in [0.05, 0.1) is 12.5 Å². The van der Waals surface area contributed by atoms with Crippen molar-refractivity contribution in [2.45, 2.75) is 18.4 Å². The highest BCUT2D eigenvalue weighted by atomic mass is 32.2. The minimum absolute atomic E-state index is 0.250. The normalized spacial score (nSPS) is 14.7. The van der Waals surface area contributed by atoms with Crippen LogP contribution in [-0.4, -0.2) is 30.5 Å². The molecular formula is C16H14FN5S. The smallest absolute Gasteiger partial charge is 0.193 e. The van der Waals surface area contributed by atoms with Gasteiger partial charge in [-0.25, -0.2) is 4.39 Å². The summed E-state index contributed by atoms with van der Waals surface area (Å²) < 4.78 is 15.2. The Balaban J connectivity index is 1.59. The van der Waals surface area contributed by atoms with Gasteiger partial charge in [-0.05, 0) is 35.9 Å². The van der Waals surface area contributed by atoms with E-state index in [2.05, 4.69) is 30.7 Å². The molecule has 0 saturated carbocycles. The van der Waals surface area contributed by atoms with Gasteiger partial charge >= 0.3 is 0 Å². The molecule has 0 bridgehead atoms. The summed E-state index contributed by atoms with van der Waals surface area (Å²) in [5.41, 5.74) is 2.04. The monoisotopic (exact) mass is 327 g/mol. The van der Waals surface area contributed by atoms with Crippen LogP contribution in [0.5, 0.6) is 0 Å². The number of fused-ring (bicyclic) bond motifs is 1. The summed E-state index contributed by atoms with van der Waals surface area (Å²) in [6.07, 6.45) is 3.66. The number of benzene rings is 1. The Morgan fingerprint density at radius 2 is 2.00 bits per heavy atom. The molecule has 1 aromatic carbocycles. The fourth-order valence-electron chi connectivity index (χ4n) is 2.57. The van der Waals surface area contributed by atoms with Gasteiger partial charge in [-0.1, -0.05) is 17.8 Å². The van der Waals surface area contributed by atoms with Crippen molar-refractivity contribution < 1.29 is 4.39 Å². The first kappa shape index (κ1) is 14.3. The number of rotatable bonds is 3. The van der Waals surface area contributed by atoms with Crippen LogP contribution < -0.4 is 0 Å². The zero-order valence-corrected chi connectivity index (χ0v) is 13.1. The second kappa shape index (κ2) is 6.10. The predicted octanol–water partition coefficient (Wildman–Crippen LogP) is 3.00. The van der Waals surface area contributed by atoms with E-state index in [1.165, 1.54) is 17.7 Å². The van der Waals surface area contributed by atoms with Crippen molar-refractivity contribution in [3.05, 3.63) is 60.2 Å². The first-order valence-corrected chi connectivity index (χ1v) is 8.21. The topological polar surface area (TPSA) is 46.8 Å². The van der Waals surface area contributed by atoms with Crippen LogP contribution in [0.3, 0.4) is 0 Å². The molecule has 3 aromatic rings. The number of hydrogen-bond donors (Lipinski definition) is 0. The molecule has 4 rings (SSSR count). The maximum atomic E-state index is 13.1. The molecule has 3 heterocycles. The third kappa shape index (κ3) is 2.97. The van der Waals surface area contributed by atoms with E-state index in [0.29, 0.717) is 6.67 Å². The fraction of sp³-hybridized carbons (Fsp3) is 0.188. The molecule has 0 atom stereocenters. The second-order valence-electron chi connectivity index (χ2n) is 5.35. The number of hydrogen-bond acceptors (Lipinski definition) is 5. The van der Waals surface area contributed by atoms with Crippen LogP contribution in [0.4, 0.5) is 4.39 Å². The fourth-order valence-corrected chi connectivity index (χ4v) is 3.44. The molecule has 0 fully saturated rings. The van der Waals surface area contributed by atoms with Crippen molar-refractivity contribution >= 4 is 11.8 Å². The van der Waals surface area contributed by atoms with E-state index < -0.39 is 0 Å². The zero-order chi connectivity index (χ0) is 15.6. The van der Waals surface area contributed by atoms with Crippen LogP contribution >= 0.6 is 11.8 Å². The molecule has 0 spiro atoms. The average Bonchev–Trinajstić information content (AvgIpc) is 3.00. The number of halogens is 1. The third-order valence-corrected chi connectivity index (χ3v) is 4.72. The van der Waals surface area contributed by atoms with Gasteiger partial charge in [-0.15, -0.1) is 10.2 Å². The van der Waals surface area contributed by atoms with Gasteiger partial charge in [0.15, 0.2) is 11.0 Å². The summed E-state index contributed by atoms with van der Waals surface area (Å²) in [7, 11) is 0. The lowest BCUT2D eigenvalue weighted by Gasteiger charge is -2.27. The van der Waals surface area contributed by atoms with E-state index in [9.17, 15) is 4.39 Å². The van der Waals surface area contributed by atoms with Crippen LogP contribution in [-0.2, 0) is 13.2 Å². The lowest BCUT2D eigenvalue weighted by Crippen LogP contribution is -2.30. The Morgan fingerprint density at radius 1 is 1.13 bits per heavy atom. The van der Waals surface area contributed by atoms with Gasteiger partial charge in [-0.3, -0.25) is 14.5 Å². The first-order valence-electron chi connectivity index (χ1n) is 7.23. The molecular weight excluding hydrogens is 313 g/mol. The Labute approximate surface area is 137 Å². The Bertz CT molecular complexity index is 803. The van der Waals surface area contributed by atoms with E-state index in [4.69, 9.17) is 0 Å². The number of aromatic nitrogens is 4. The molecule has 23 heavy (non-hydrogen) atoms. The molecule has 0 amide bonds. The molecule has 5 nitrogen and oxygen atoms in total. The van der Waals surface area contributed by atoms with E-state index in [1.807, 2.05) is 12.3 Å². The van der Waals surface area contributed by atoms with Crippen molar-refractivity contribution in [3.8, 4) is 11.4 Å². The summed E-state index contributed by atoms with van der Waals surface area (Å²) in [5, 5.41) is 9.41. The van der Waals surface area contributed by atoms with Crippen LogP contribution in [0.2, 0.25) is 0 Å². The summed E-state index contributed by atoms with van der Waals surface area (Å²) >= 11 is 1.66. The van der Waals surface area contributed by atoms with Gasteiger partial charge < -0.3 is 0 Å². The van der Waals surface area contributed by atoms with Crippen molar-refractivity contribution in [3.63, 3.8) is 0 Å². The standard InChI is InChI=1S/C16H14FN5S/c17-14-5-3-13(4-6-14)15-19-20-16-22(15)10-21(11-23-16)9-12-2-1-7-18-8-12/h1-8H,9-11H2. The average molecular weight is 327 g/mol. The van der Waals surface area contributed by atoms with E-state index in [-0.39, 0.29) is 5.82 Å². The minimum atomic E-state index is -0.250. The predicted molar refractivity (Wildman–Crippen MR) is 85.9 cm³/mol. The molecule has 0 N–H and O–H groups in total. The summed E-state index contributed by atoms with van der Waals surface area (Å²) in [5.74, 6) is 1.37. The molecule has 2 aromatic heterocycles. The van der Waals surface area contributed by atoms with Gasteiger partial charge in [0.1, 0.15) is 5.82 Å². The van der Waals surface area contributed by atoms with Crippen LogP contribution in [0, 0.1) is 5.82 Å². The van der Waals surface area contributed by atoms with Crippen molar-refractivity contribution in [1.29, 1.82) is 0 Å². The molecule has 0 aliphatic carbocycles. The van der Waals surface area contributed by atoms with E-state index in [1.54, 1.807) is 30.1 Å². The van der Waals surface area contributed by atoms with Crippen LogP contribution in [0.15, 0.2) is 53.9 Å². The highest BCUT2D eigenvalue weighted by Crippen LogP contribution is 2.29. The number of nitrogens with zero attached hydrogens (tertiary/aromatic N) is 5. The molecule has 0 saturated heterocycles. The SMILES string of the molecule is Fc1ccc(-c2nnc3n2CN(Cc2cccnc2)CS3)cc1. The highest BCUT2D eigenvalue weighted by Gasteiger charge is 2.22. The van der Waals surface area contributed by atoms with Crippen molar-refractivity contribution in [2.24, 2.45) is 0 Å². The van der Waals surface area contributed by atoms with Gasteiger partial charge in [0, 0.05) is 24.5 Å². The summed E-state index contributed by atoms with van der Waals surface area (Å²) in [4.78, 5) is 6.45. The first-order chi connectivity index (χ1) is 11.3. The lowest BCUT2D eigenvalue weighted by atomic mass is 10.2. The molecule has 116 valence electrons. The number of pyridine rings is 1. The molecule has 1 aliphatic heterocycles. The van der Waals surface area contributed by atoms with Crippen LogP contribution in [0.1, 0.15) is 5.56 Å². The maximum Gasteiger partial charge on any atom is 0.193 e. The lowest BCUT2D eigenvalue weighted by molar-refractivity contribution is 0.231. The zero-order valence-electron chi connectivity index (χ0n) is 12.3. The number of thioether (sulfide) groups is 1. The van der Waals surface area contributed by atoms with E-state index in [0.717, 1.165) is 29.0 Å². The quantitative estimate of drug-likeness (QED) is 0.740. The molecule has 0 unspecified atom stereocenters. The Morgan fingerprint density at radius 3 is 2.78 bits per heavy atom. The van der Waals surface area contributed by atoms with E-state index >= 15 is 0 Å². The summed E-state index contributed by atoms with van der Waals surface area (Å²) in [6, 6.07) is 10.4. The molecule has 0 radical (unpaired) electrons.